The molecule has 2 aromatic heterocycles. The highest BCUT2D eigenvalue weighted by molar-refractivity contribution is 6.20. The van der Waals surface area contributed by atoms with Crippen LogP contribution in [0.25, 0.3) is 78.0 Å². The van der Waals surface area contributed by atoms with Gasteiger partial charge in [0, 0.05) is 27.5 Å². The summed E-state index contributed by atoms with van der Waals surface area (Å²) in [6.07, 6.45) is 0. The standard InChI is InChI=1S/C37H23N3O/c1-3-11-24(12-4-1)26-15-9-16-27(23-26)36-38-35(25-13-5-2-6-14-25)39-37(40-36)30-19-10-18-29-28(30)21-22-33-34(29)31-17-7-8-20-32(31)41-33/h1-23H. The highest BCUT2D eigenvalue weighted by atomic mass is 16.3. The molecule has 0 radical (unpaired) electrons. The average Bonchev–Trinajstić information content (AvgIpc) is 3.44. The lowest BCUT2D eigenvalue weighted by molar-refractivity contribution is 0.669. The van der Waals surface area contributed by atoms with Gasteiger partial charge in [0.25, 0.3) is 0 Å². The molecule has 8 aromatic rings. The first kappa shape index (κ1) is 23.3. The summed E-state index contributed by atoms with van der Waals surface area (Å²) >= 11 is 0. The van der Waals surface area contributed by atoms with Crippen LogP contribution in [0.1, 0.15) is 0 Å². The Bertz CT molecular complexity index is 2200. The summed E-state index contributed by atoms with van der Waals surface area (Å²) in [5.41, 5.74) is 6.86. The van der Waals surface area contributed by atoms with Crippen molar-refractivity contribution in [3.63, 3.8) is 0 Å². The number of hydrogen-bond acceptors (Lipinski definition) is 4. The first-order valence-corrected chi connectivity index (χ1v) is 13.6. The van der Waals surface area contributed by atoms with Crippen LogP contribution >= 0.6 is 0 Å². The second-order valence-electron chi connectivity index (χ2n) is 10.1. The van der Waals surface area contributed by atoms with Crippen molar-refractivity contribution in [1.29, 1.82) is 0 Å². The van der Waals surface area contributed by atoms with Gasteiger partial charge in [0.15, 0.2) is 17.5 Å². The lowest BCUT2D eigenvalue weighted by Gasteiger charge is -2.11. The summed E-state index contributed by atoms with van der Waals surface area (Å²) in [6, 6.07) is 47.5. The van der Waals surface area contributed by atoms with Gasteiger partial charge in [0.1, 0.15) is 11.2 Å². The van der Waals surface area contributed by atoms with Crippen LogP contribution in [0.3, 0.4) is 0 Å². The van der Waals surface area contributed by atoms with Gasteiger partial charge in [0.05, 0.1) is 0 Å². The molecule has 0 aliphatic heterocycles. The number of rotatable bonds is 4. The van der Waals surface area contributed by atoms with E-state index < -0.39 is 0 Å². The van der Waals surface area contributed by atoms with E-state index in [0.717, 1.165) is 60.5 Å². The first-order valence-electron chi connectivity index (χ1n) is 13.6. The molecule has 0 aliphatic rings. The fourth-order valence-electron chi connectivity index (χ4n) is 5.59. The van der Waals surface area contributed by atoms with Crippen molar-refractivity contribution in [3.8, 4) is 45.3 Å². The molecule has 0 amide bonds. The number of furan rings is 1. The summed E-state index contributed by atoms with van der Waals surface area (Å²) < 4.78 is 6.17. The minimum absolute atomic E-state index is 0.636. The van der Waals surface area contributed by atoms with Crippen molar-refractivity contribution < 1.29 is 4.42 Å². The van der Waals surface area contributed by atoms with Gasteiger partial charge in [-0.05, 0) is 46.2 Å². The maximum atomic E-state index is 6.17. The van der Waals surface area contributed by atoms with Gasteiger partial charge in [-0.2, -0.15) is 0 Å². The molecule has 0 spiro atoms. The molecule has 8 rings (SSSR count). The van der Waals surface area contributed by atoms with Gasteiger partial charge >= 0.3 is 0 Å². The molecule has 4 heteroatoms. The van der Waals surface area contributed by atoms with E-state index in [4.69, 9.17) is 19.4 Å². The molecule has 0 unspecified atom stereocenters. The van der Waals surface area contributed by atoms with Gasteiger partial charge < -0.3 is 4.42 Å². The molecule has 0 fully saturated rings. The Morgan fingerprint density at radius 2 is 0.976 bits per heavy atom. The zero-order valence-electron chi connectivity index (χ0n) is 22.0. The molecule has 0 bridgehead atoms. The van der Waals surface area contributed by atoms with E-state index in [1.807, 2.05) is 60.7 Å². The van der Waals surface area contributed by atoms with Gasteiger partial charge in [0.2, 0.25) is 0 Å². The third kappa shape index (κ3) is 4.05. The Kier molecular flexibility index (Phi) is 5.42. The molecule has 6 aromatic carbocycles. The van der Waals surface area contributed by atoms with E-state index in [0.29, 0.717) is 17.5 Å². The molecule has 0 N–H and O–H groups in total. The van der Waals surface area contributed by atoms with E-state index in [-0.39, 0.29) is 0 Å². The molecule has 0 saturated carbocycles. The van der Waals surface area contributed by atoms with Crippen LogP contribution in [0.4, 0.5) is 0 Å². The number of hydrogen-bond donors (Lipinski definition) is 0. The van der Waals surface area contributed by atoms with Crippen molar-refractivity contribution in [2.45, 2.75) is 0 Å². The van der Waals surface area contributed by atoms with Crippen molar-refractivity contribution >= 4 is 32.7 Å². The second kappa shape index (κ2) is 9.54. The number of fused-ring (bicyclic) bond motifs is 5. The third-order valence-electron chi connectivity index (χ3n) is 7.54. The molecule has 4 nitrogen and oxygen atoms in total. The van der Waals surface area contributed by atoms with E-state index in [1.54, 1.807) is 0 Å². The number of aromatic nitrogens is 3. The van der Waals surface area contributed by atoms with Crippen LogP contribution < -0.4 is 0 Å². The van der Waals surface area contributed by atoms with Crippen molar-refractivity contribution in [1.82, 2.24) is 15.0 Å². The average molecular weight is 526 g/mol. The smallest absolute Gasteiger partial charge is 0.164 e. The van der Waals surface area contributed by atoms with Crippen LogP contribution in [0.15, 0.2) is 144 Å². The van der Waals surface area contributed by atoms with Gasteiger partial charge in [-0.25, -0.2) is 15.0 Å². The van der Waals surface area contributed by atoms with Crippen molar-refractivity contribution in [2.24, 2.45) is 0 Å². The Labute approximate surface area is 236 Å². The zero-order valence-corrected chi connectivity index (χ0v) is 22.0. The molecule has 0 aliphatic carbocycles. The van der Waals surface area contributed by atoms with Gasteiger partial charge in [-0.3, -0.25) is 0 Å². The van der Waals surface area contributed by atoms with Crippen LogP contribution in [-0.4, -0.2) is 15.0 Å². The van der Waals surface area contributed by atoms with E-state index in [9.17, 15) is 0 Å². The fraction of sp³-hybridized carbons (Fsp3) is 0. The van der Waals surface area contributed by atoms with Gasteiger partial charge in [-0.1, -0.05) is 115 Å². The number of benzene rings is 6. The lowest BCUT2D eigenvalue weighted by Crippen LogP contribution is -2.00. The molecule has 41 heavy (non-hydrogen) atoms. The zero-order chi connectivity index (χ0) is 27.2. The quantitative estimate of drug-likeness (QED) is 0.230. The Hall–Kier alpha value is -5.61. The summed E-state index contributed by atoms with van der Waals surface area (Å²) in [5.74, 6) is 1.91. The molecule has 192 valence electrons. The Morgan fingerprint density at radius 3 is 1.80 bits per heavy atom. The molecular weight excluding hydrogens is 502 g/mol. The SMILES string of the molecule is c1ccc(-c2cccc(-c3nc(-c4ccccc4)nc(-c4cccc5c4ccc4oc6ccccc6c45)n3)c2)cc1. The number of para-hydroxylation sites is 1. The van der Waals surface area contributed by atoms with Crippen LogP contribution in [-0.2, 0) is 0 Å². The Morgan fingerprint density at radius 1 is 0.366 bits per heavy atom. The molecule has 0 atom stereocenters. The highest BCUT2D eigenvalue weighted by Crippen LogP contribution is 2.38. The second-order valence-corrected chi connectivity index (χ2v) is 10.1. The lowest BCUT2D eigenvalue weighted by atomic mass is 9.99. The first-order chi connectivity index (χ1) is 20.3. The fourth-order valence-corrected chi connectivity index (χ4v) is 5.59. The third-order valence-corrected chi connectivity index (χ3v) is 7.54. The van der Waals surface area contributed by atoms with Crippen molar-refractivity contribution in [3.05, 3.63) is 140 Å². The molecular formula is C37H23N3O. The molecule has 0 saturated heterocycles. The summed E-state index contributed by atoms with van der Waals surface area (Å²) in [5, 5.41) is 4.39. The predicted octanol–water partition coefficient (Wildman–Crippen LogP) is 9.59. The largest absolute Gasteiger partial charge is 0.456 e. The maximum absolute atomic E-state index is 6.17. The summed E-state index contributed by atoms with van der Waals surface area (Å²) in [6.45, 7) is 0. The van der Waals surface area contributed by atoms with E-state index in [2.05, 4.69) is 78.9 Å². The minimum Gasteiger partial charge on any atom is -0.456 e. The maximum Gasteiger partial charge on any atom is 0.164 e. The molecule has 2 heterocycles. The van der Waals surface area contributed by atoms with E-state index in [1.165, 1.54) is 0 Å². The Balaban J connectivity index is 1.36. The minimum atomic E-state index is 0.636. The van der Waals surface area contributed by atoms with Crippen LogP contribution in [0.5, 0.6) is 0 Å². The van der Waals surface area contributed by atoms with E-state index >= 15 is 0 Å². The predicted molar refractivity (Wildman–Crippen MR) is 166 cm³/mol. The van der Waals surface area contributed by atoms with Crippen LogP contribution in [0, 0.1) is 0 Å². The highest BCUT2D eigenvalue weighted by Gasteiger charge is 2.17. The summed E-state index contributed by atoms with van der Waals surface area (Å²) in [4.78, 5) is 15.0. The summed E-state index contributed by atoms with van der Waals surface area (Å²) in [7, 11) is 0. The van der Waals surface area contributed by atoms with Gasteiger partial charge in [-0.15, -0.1) is 0 Å². The van der Waals surface area contributed by atoms with Crippen LogP contribution in [0.2, 0.25) is 0 Å². The normalized spacial score (nSPS) is 11.4. The van der Waals surface area contributed by atoms with Crippen molar-refractivity contribution in [2.75, 3.05) is 0 Å². The monoisotopic (exact) mass is 525 g/mol. The number of nitrogens with zero attached hydrogens (tertiary/aromatic N) is 3. The topological polar surface area (TPSA) is 51.8 Å².